The topological polar surface area (TPSA) is 64.7 Å². The van der Waals surface area contributed by atoms with Crippen molar-refractivity contribution in [3.63, 3.8) is 0 Å². The van der Waals surface area contributed by atoms with Crippen molar-refractivity contribution >= 4 is 11.8 Å². The average molecular weight is 385 g/mol. The summed E-state index contributed by atoms with van der Waals surface area (Å²) in [6.45, 7) is 3.27. The largest absolute Gasteiger partial charge is 0.353 e. The Morgan fingerprint density at radius 2 is 2.00 bits per heavy atom. The van der Waals surface area contributed by atoms with Crippen LogP contribution in [0.3, 0.4) is 0 Å². The third-order valence-electron chi connectivity index (χ3n) is 6.58. The van der Waals surface area contributed by atoms with Gasteiger partial charge in [0.15, 0.2) is 0 Å². The second kappa shape index (κ2) is 8.62. The molecular formula is C22H32N4O2. The van der Waals surface area contributed by atoms with E-state index in [9.17, 15) is 9.59 Å². The van der Waals surface area contributed by atoms with E-state index in [0.717, 1.165) is 37.4 Å². The first-order valence-corrected chi connectivity index (χ1v) is 10.7. The van der Waals surface area contributed by atoms with Gasteiger partial charge >= 0.3 is 0 Å². The Labute approximate surface area is 167 Å². The second-order valence-electron chi connectivity index (χ2n) is 8.60. The molecule has 28 heavy (non-hydrogen) atoms. The Bertz CT molecular complexity index is 691. The first-order chi connectivity index (χ1) is 13.6. The maximum atomic E-state index is 12.7. The maximum absolute atomic E-state index is 12.7. The number of carbonyl (C=O) groups excluding carboxylic acids is 2. The number of amides is 2. The number of hydrogen-bond acceptors (Lipinski definition) is 4. The van der Waals surface area contributed by atoms with Crippen LogP contribution in [0.5, 0.6) is 0 Å². The van der Waals surface area contributed by atoms with Crippen LogP contribution in [0.1, 0.15) is 37.7 Å². The van der Waals surface area contributed by atoms with Crippen molar-refractivity contribution in [2.24, 2.45) is 5.92 Å². The number of benzene rings is 1. The lowest BCUT2D eigenvalue weighted by Gasteiger charge is -2.33. The number of fused-ring (bicyclic) bond motifs is 1. The van der Waals surface area contributed by atoms with E-state index in [0.29, 0.717) is 19.5 Å². The van der Waals surface area contributed by atoms with Crippen molar-refractivity contribution in [3.05, 3.63) is 35.9 Å². The quantitative estimate of drug-likeness (QED) is 0.745. The van der Waals surface area contributed by atoms with Gasteiger partial charge in [-0.05, 0) is 44.2 Å². The summed E-state index contributed by atoms with van der Waals surface area (Å²) in [5.41, 5.74) is 1.11. The van der Waals surface area contributed by atoms with Gasteiger partial charge in [0.05, 0.1) is 0 Å². The Kier molecular flexibility index (Phi) is 5.97. The summed E-state index contributed by atoms with van der Waals surface area (Å²) < 4.78 is 0. The van der Waals surface area contributed by atoms with Gasteiger partial charge in [0.2, 0.25) is 11.8 Å². The van der Waals surface area contributed by atoms with Gasteiger partial charge in [-0.2, -0.15) is 0 Å². The zero-order valence-corrected chi connectivity index (χ0v) is 16.8. The van der Waals surface area contributed by atoms with Crippen molar-refractivity contribution in [2.75, 3.05) is 26.7 Å². The van der Waals surface area contributed by atoms with Gasteiger partial charge in [-0.1, -0.05) is 30.3 Å². The average Bonchev–Trinajstić information content (AvgIpc) is 3.44. The lowest BCUT2D eigenvalue weighted by molar-refractivity contribution is -0.126. The molecule has 3 fully saturated rings. The molecule has 0 bridgehead atoms. The van der Waals surface area contributed by atoms with Gasteiger partial charge in [-0.25, -0.2) is 0 Å². The molecule has 2 amide bonds. The molecule has 0 aromatic heterocycles. The standard InChI is InChI=1S/C22H32N4O2/c1-25-18(9-10-20(27)23-13-16-5-3-2-4-6-16)14-24-22(28)21-19(25)11-12-26(21)15-17-7-8-17/h2-6,17-19,21H,7-15H2,1H3,(H,23,27)(H,24,28)/t18-,19-,21-/m0/s1. The fraction of sp³-hybridized carbons (Fsp3) is 0.636. The van der Waals surface area contributed by atoms with Crippen LogP contribution in [0.2, 0.25) is 0 Å². The molecule has 0 radical (unpaired) electrons. The normalized spacial score (nSPS) is 28.5. The lowest BCUT2D eigenvalue weighted by Crippen LogP contribution is -2.50. The zero-order valence-electron chi connectivity index (χ0n) is 16.8. The maximum Gasteiger partial charge on any atom is 0.239 e. The van der Waals surface area contributed by atoms with E-state index in [1.54, 1.807) is 0 Å². The third-order valence-corrected chi connectivity index (χ3v) is 6.58. The summed E-state index contributed by atoms with van der Waals surface area (Å²) in [5.74, 6) is 1.04. The van der Waals surface area contributed by atoms with Crippen LogP contribution in [-0.2, 0) is 16.1 Å². The summed E-state index contributed by atoms with van der Waals surface area (Å²) in [4.78, 5) is 29.8. The number of likely N-dealkylation sites (tertiary alicyclic amines) is 1. The monoisotopic (exact) mass is 384 g/mol. The van der Waals surface area contributed by atoms with Crippen LogP contribution < -0.4 is 10.6 Å². The molecule has 0 unspecified atom stereocenters. The van der Waals surface area contributed by atoms with E-state index in [1.165, 1.54) is 12.8 Å². The predicted octanol–water partition coefficient (Wildman–Crippen LogP) is 1.37. The van der Waals surface area contributed by atoms with Gasteiger partial charge in [0, 0.05) is 44.7 Å². The Hall–Kier alpha value is -1.92. The van der Waals surface area contributed by atoms with Crippen molar-refractivity contribution in [3.8, 4) is 0 Å². The van der Waals surface area contributed by atoms with Crippen LogP contribution in [-0.4, -0.2) is 66.4 Å². The summed E-state index contributed by atoms with van der Waals surface area (Å²) in [5, 5.41) is 6.15. The molecule has 0 spiro atoms. The van der Waals surface area contributed by atoms with Crippen LogP contribution in [0, 0.1) is 5.92 Å². The molecule has 152 valence electrons. The number of nitrogens with one attached hydrogen (secondary N) is 2. The first-order valence-electron chi connectivity index (χ1n) is 10.7. The lowest BCUT2D eigenvalue weighted by atomic mass is 10.0. The Morgan fingerprint density at radius 1 is 1.21 bits per heavy atom. The van der Waals surface area contributed by atoms with Gasteiger partial charge in [-0.3, -0.25) is 19.4 Å². The third kappa shape index (κ3) is 4.55. The molecule has 1 aliphatic carbocycles. The number of nitrogens with zero attached hydrogens (tertiary/aromatic N) is 2. The van der Waals surface area contributed by atoms with Crippen molar-refractivity contribution in [1.29, 1.82) is 0 Å². The molecule has 1 aromatic carbocycles. The summed E-state index contributed by atoms with van der Waals surface area (Å²) in [6, 6.07) is 10.4. The molecule has 2 saturated heterocycles. The molecule has 1 saturated carbocycles. The van der Waals surface area contributed by atoms with E-state index in [4.69, 9.17) is 0 Å². The molecule has 2 heterocycles. The van der Waals surface area contributed by atoms with E-state index in [2.05, 4.69) is 27.5 Å². The summed E-state index contributed by atoms with van der Waals surface area (Å²) in [6.07, 6.45) is 4.92. The number of carbonyl (C=O) groups is 2. The van der Waals surface area contributed by atoms with E-state index in [1.807, 2.05) is 30.3 Å². The summed E-state index contributed by atoms with van der Waals surface area (Å²) >= 11 is 0. The van der Waals surface area contributed by atoms with Crippen LogP contribution >= 0.6 is 0 Å². The van der Waals surface area contributed by atoms with Crippen LogP contribution in [0.25, 0.3) is 0 Å². The van der Waals surface area contributed by atoms with Gasteiger partial charge in [0.25, 0.3) is 0 Å². The zero-order chi connectivity index (χ0) is 19.5. The fourth-order valence-electron chi connectivity index (χ4n) is 4.67. The smallest absolute Gasteiger partial charge is 0.239 e. The van der Waals surface area contributed by atoms with Crippen LogP contribution in [0.4, 0.5) is 0 Å². The Morgan fingerprint density at radius 3 is 2.75 bits per heavy atom. The molecular weight excluding hydrogens is 352 g/mol. The molecule has 3 aliphatic rings. The first kappa shape index (κ1) is 19.4. The minimum absolute atomic E-state index is 0.0255. The molecule has 4 rings (SSSR count). The minimum Gasteiger partial charge on any atom is -0.353 e. The minimum atomic E-state index is -0.0255. The van der Waals surface area contributed by atoms with E-state index >= 15 is 0 Å². The highest BCUT2D eigenvalue weighted by atomic mass is 16.2. The van der Waals surface area contributed by atoms with E-state index < -0.39 is 0 Å². The van der Waals surface area contributed by atoms with Crippen molar-refractivity contribution < 1.29 is 9.59 Å². The number of rotatable bonds is 7. The molecule has 1 aromatic rings. The molecule has 3 atom stereocenters. The molecule has 6 heteroatoms. The molecule has 2 N–H and O–H groups in total. The van der Waals surface area contributed by atoms with Gasteiger partial charge in [-0.15, -0.1) is 0 Å². The SMILES string of the molecule is CN1[C@@H](CCC(=O)NCc2ccccc2)CNC(=O)[C@@H]2[C@@H]1CCN2CC1CC1. The fourth-order valence-corrected chi connectivity index (χ4v) is 4.67. The highest BCUT2D eigenvalue weighted by molar-refractivity contribution is 5.83. The second-order valence-corrected chi connectivity index (χ2v) is 8.60. The van der Waals surface area contributed by atoms with Crippen molar-refractivity contribution in [1.82, 2.24) is 20.4 Å². The molecule has 6 nitrogen and oxygen atoms in total. The number of likely N-dealkylation sites (N-methyl/N-ethyl adjacent to an activating group) is 1. The van der Waals surface area contributed by atoms with Crippen LogP contribution in [0.15, 0.2) is 30.3 Å². The van der Waals surface area contributed by atoms with Gasteiger partial charge < -0.3 is 10.6 Å². The summed E-state index contributed by atoms with van der Waals surface area (Å²) in [7, 11) is 2.13. The van der Waals surface area contributed by atoms with Crippen molar-refractivity contribution in [2.45, 2.75) is 56.8 Å². The van der Waals surface area contributed by atoms with Gasteiger partial charge in [0.1, 0.15) is 6.04 Å². The molecule has 2 aliphatic heterocycles. The highest BCUT2D eigenvalue weighted by Crippen LogP contribution is 2.34. The predicted molar refractivity (Wildman–Crippen MR) is 109 cm³/mol. The number of hydrogen-bond donors (Lipinski definition) is 2. The highest BCUT2D eigenvalue weighted by Gasteiger charge is 2.46. The van der Waals surface area contributed by atoms with E-state index in [-0.39, 0.29) is 29.9 Å². The Balaban J connectivity index is 1.29.